The van der Waals surface area contributed by atoms with Gasteiger partial charge in [-0.05, 0) is 103 Å². The molecule has 0 heterocycles. The van der Waals surface area contributed by atoms with E-state index in [9.17, 15) is 9.59 Å². The van der Waals surface area contributed by atoms with Crippen LogP contribution in [-0.4, -0.2) is 37.9 Å². The molecule has 0 bridgehead atoms. The van der Waals surface area contributed by atoms with Crippen LogP contribution in [0.2, 0.25) is 0 Å². The number of carbonyl (C=O) groups excluding carboxylic acids is 2. The largest absolute Gasteiger partial charge is 0.462 e. The second kappa shape index (κ2) is 59.6. The predicted molar refractivity (Wildman–Crippen MR) is 306 cm³/mol. The van der Waals surface area contributed by atoms with Gasteiger partial charge in [-0.3, -0.25) is 9.59 Å². The van der Waals surface area contributed by atoms with Crippen molar-refractivity contribution >= 4 is 11.9 Å². The highest BCUT2D eigenvalue weighted by molar-refractivity contribution is 5.70. The second-order valence-corrected chi connectivity index (χ2v) is 18.8. The summed E-state index contributed by atoms with van der Waals surface area (Å²) in [5.41, 5.74) is 0. The third kappa shape index (κ3) is 56.9. The summed E-state index contributed by atoms with van der Waals surface area (Å²) >= 11 is 0. The lowest BCUT2D eigenvalue weighted by atomic mass is 10.0. The Kier molecular flexibility index (Phi) is 56.5. The van der Waals surface area contributed by atoms with Crippen LogP contribution in [-0.2, 0) is 23.8 Å². The molecular weight excluding hydrogens is 861 g/mol. The van der Waals surface area contributed by atoms with Crippen LogP contribution < -0.4 is 0 Å². The maximum atomic E-state index is 12.8. The number of carbonyl (C=O) groups is 2. The molecule has 0 rings (SSSR count). The van der Waals surface area contributed by atoms with Gasteiger partial charge in [-0.15, -0.1) is 0 Å². The molecule has 398 valence electrons. The first-order valence-corrected chi connectivity index (χ1v) is 29.1. The predicted octanol–water partition coefficient (Wildman–Crippen LogP) is 20.1. The average molecular weight is 970 g/mol. The summed E-state index contributed by atoms with van der Waals surface area (Å²) in [6.45, 7) is 7.58. The summed E-state index contributed by atoms with van der Waals surface area (Å²) < 4.78 is 17.4. The van der Waals surface area contributed by atoms with Crippen LogP contribution in [0.4, 0.5) is 0 Å². The van der Waals surface area contributed by atoms with Gasteiger partial charge in [0.25, 0.3) is 0 Å². The summed E-state index contributed by atoms with van der Waals surface area (Å²) in [6.07, 6.45) is 83.7. The lowest BCUT2D eigenvalue weighted by Gasteiger charge is -2.18. The van der Waals surface area contributed by atoms with Gasteiger partial charge >= 0.3 is 11.9 Å². The number of allylic oxidation sites excluding steroid dienone is 20. The third-order valence-corrected chi connectivity index (χ3v) is 12.0. The van der Waals surface area contributed by atoms with Crippen LogP contribution in [0, 0.1) is 0 Å². The second-order valence-electron chi connectivity index (χ2n) is 18.8. The molecule has 0 aliphatic carbocycles. The quantitative estimate of drug-likeness (QED) is 0.0345. The van der Waals surface area contributed by atoms with Crippen LogP contribution in [0.3, 0.4) is 0 Å². The first-order chi connectivity index (χ1) is 34.6. The molecular formula is C65H108O5. The molecule has 5 heteroatoms. The summed E-state index contributed by atoms with van der Waals surface area (Å²) in [7, 11) is 0. The van der Waals surface area contributed by atoms with Gasteiger partial charge in [0.1, 0.15) is 6.61 Å². The third-order valence-electron chi connectivity index (χ3n) is 12.0. The minimum Gasteiger partial charge on any atom is -0.462 e. The Balaban J connectivity index is 4.47. The van der Waals surface area contributed by atoms with E-state index in [0.717, 1.165) is 96.3 Å². The van der Waals surface area contributed by atoms with Crippen LogP contribution in [0.5, 0.6) is 0 Å². The number of hydrogen-bond acceptors (Lipinski definition) is 5. The Bertz CT molecular complexity index is 1420. The van der Waals surface area contributed by atoms with Gasteiger partial charge in [-0.2, -0.15) is 0 Å². The lowest BCUT2D eigenvalue weighted by molar-refractivity contribution is -0.162. The van der Waals surface area contributed by atoms with E-state index in [4.69, 9.17) is 14.2 Å². The SMILES string of the molecule is CC/C=C\C/C=C\C/C=C\C/C=C\C/C=C\CCCCCC(=O)OC[C@@H](COCCCCCCCCCCCCCCCCCC)OC(=O)CC/C=C\C/C=C\C/C=C\C/C=C\C/C=C\CCCCC. The van der Waals surface area contributed by atoms with Crippen molar-refractivity contribution in [3.05, 3.63) is 122 Å². The Morgan fingerprint density at radius 3 is 1.10 bits per heavy atom. The molecule has 0 aromatic carbocycles. The van der Waals surface area contributed by atoms with Gasteiger partial charge in [0.2, 0.25) is 0 Å². The van der Waals surface area contributed by atoms with Gasteiger partial charge in [-0.1, -0.05) is 258 Å². The maximum absolute atomic E-state index is 12.8. The highest BCUT2D eigenvalue weighted by atomic mass is 16.6. The molecule has 0 fully saturated rings. The number of ether oxygens (including phenoxy) is 3. The van der Waals surface area contributed by atoms with Crippen molar-refractivity contribution in [3.8, 4) is 0 Å². The fourth-order valence-electron chi connectivity index (χ4n) is 7.70. The molecule has 0 unspecified atom stereocenters. The van der Waals surface area contributed by atoms with Crippen LogP contribution in [0.15, 0.2) is 122 Å². The topological polar surface area (TPSA) is 61.8 Å². The first-order valence-electron chi connectivity index (χ1n) is 29.1. The summed E-state index contributed by atoms with van der Waals surface area (Å²) in [5.74, 6) is -0.530. The molecule has 0 N–H and O–H groups in total. The normalized spacial score (nSPS) is 13.1. The Hall–Kier alpha value is -3.70. The summed E-state index contributed by atoms with van der Waals surface area (Å²) in [5, 5.41) is 0. The average Bonchev–Trinajstić information content (AvgIpc) is 3.36. The van der Waals surface area contributed by atoms with E-state index in [-0.39, 0.29) is 31.6 Å². The van der Waals surface area contributed by atoms with E-state index in [1.165, 1.54) is 116 Å². The number of esters is 2. The standard InChI is InChI=1S/C65H108O5/c1-4-7-10-13-16-19-22-25-28-31-33-35-37-40-43-46-49-52-55-58-64(66)69-62-63(61-68-60-57-54-51-48-45-42-39-30-27-24-21-18-15-12-9-6-3)70-65(67)59-56-53-50-47-44-41-38-36-34-32-29-26-23-20-17-14-11-8-5-2/h7,10,16-17,19-20,25-26,28-29,33-36,40-41,43-44,50,53,63H,4-6,8-9,11-15,18,21-24,27,30-32,37-39,42,45-49,51-52,54-62H2,1-3H3/b10-7-,19-16-,20-17-,28-25-,29-26-,35-33-,36-34-,43-40-,44-41-,53-50-/t63-/m1/s1. The Morgan fingerprint density at radius 2 is 0.671 bits per heavy atom. The monoisotopic (exact) mass is 969 g/mol. The van der Waals surface area contributed by atoms with E-state index in [2.05, 4.69) is 136 Å². The van der Waals surface area contributed by atoms with Crippen molar-refractivity contribution in [1.82, 2.24) is 0 Å². The van der Waals surface area contributed by atoms with Gasteiger partial charge in [0.05, 0.1) is 6.61 Å². The maximum Gasteiger partial charge on any atom is 0.306 e. The highest BCUT2D eigenvalue weighted by Crippen LogP contribution is 2.14. The molecule has 0 aliphatic heterocycles. The zero-order valence-electron chi connectivity index (χ0n) is 45.7. The highest BCUT2D eigenvalue weighted by Gasteiger charge is 2.17. The molecule has 0 aromatic heterocycles. The minimum atomic E-state index is -0.597. The van der Waals surface area contributed by atoms with Crippen molar-refractivity contribution in [3.63, 3.8) is 0 Å². The van der Waals surface area contributed by atoms with E-state index in [1.807, 2.05) is 6.08 Å². The summed E-state index contributed by atoms with van der Waals surface area (Å²) in [6, 6.07) is 0. The Labute approximate surface area is 433 Å². The van der Waals surface area contributed by atoms with Crippen LogP contribution in [0.1, 0.15) is 252 Å². The van der Waals surface area contributed by atoms with Crippen molar-refractivity contribution in [1.29, 1.82) is 0 Å². The lowest BCUT2D eigenvalue weighted by Crippen LogP contribution is -2.30. The summed E-state index contributed by atoms with van der Waals surface area (Å²) in [4.78, 5) is 25.5. The molecule has 0 amide bonds. The number of hydrogen-bond donors (Lipinski definition) is 0. The minimum absolute atomic E-state index is 0.0332. The molecule has 0 aliphatic rings. The van der Waals surface area contributed by atoms with E-state index in [1.54, 1.807) is 0 Å². The number of unbranched alkanes of at least 4 members (excludes halogenated alkanes) is 21. The van der Waals surface area contributed by atoms with Crippen molar-refractivity contribution < 1.29 is 23.8 Å². The molecule has 70 heavy (non-hydrogen) atoms. The smallest absolute Gasteiger partial charge is 0.306 e. The molecule has 0 radical (unpaired) electrons. The van der Waals surface area contributed by atoms with E-state index >= 15 is 0 Å². The van der Waals surface area contributed by atoms with Crippen molar-refractivity contribution in [2.24, 2.45) is 0 Å². The van der Waals surface area contributed by atoms with E-state index < -0.39 is 6.10 Å². The van der Waals surface area contributed by atoms with Crippen molar-refractivity contribution in [2.45, 2.75) is 258 Å². The van der Waals surface area contributed by atoms with Crippen LogP contribution >= 0.6 is 0 Å². The zero-order chi connectivity index (χ0) is 50.6. The molecule has 0 saturated carbocycles. The fourth-order valence-corrected chi connectivity index (χ4v) is 7.70. The van der Waals surface area contributed by atoms with Gasteiger partial charge in [0.15, 0.2) is 6.10 Å². The van der Waals surface area contributed by atoms with Gasteiger partial charge in [-0.25, -0.2) is 0 Å². The van der Waals surface area contributed by atoms with Gasteiger partial charge in [0, 0.05) is 19.4 Å². The molecule has 0 spiro atoms. The van der Waals surface area contributed by atoms with E-state index in [0.29, 0.717) is 19.4 Å². The van der Waals surface area contributed by atoms with Crippen molar-refractivity contribution in [2.75, 3.05) is 19.8 Å². The zero-order valence-corrected chi connectivity index (χ0v) is 45.7. The molecule has 0 saturated heterocycles. The number of rotatable bonds is 52. The fraction of sp³-hybridized carbons (Fsp3) is 0.662. The molecule has 1 atom stereocenters. The molecule has 5 nitrogen and oxygen atoms in total. The van der Waals surface area contributed by atoms with Crippen LogP contribution in [0.25, 0.3) is 0 Å². The molecule has 0 aromatic rings. The first kappa shape index (κ1) is 66.3. The Morgan fingerprint density at radius 1 is 0.329 bits per heavy atom. The van der Waals surface area contributed by atoms with Gasteiger partial charge < -0.3 is 14.2 Å².